The average molecular weight is 151 g/mol. The topological polar surface area (TPSA) is 12.0 Å². The summed E-state index contributed by atoms with van der Waals surface area (Å²) in [6.45, 7) is 7.98. The molecule has 1 heteroatoms. The van der Waals surface area contributed by atoms with Crippen molar-refractivity contribution in [3.63, 3.8) is 0 Å². The molecule has 62 valence electrons. The number of rotatable bonds is 4. The highest BCUT2D eigenvalue weighted by atomic mass is 14.8. The second-order valence-electron chi connectivity index (χ2n) is 2.68. The van der Waals surface area contributed by atoms with E-state index in [-0.39, 0.29) is 0 Å². The first-order chi connectivity index (χ1) is 5.22. The zero-order chi connectivity index (χ0) is 8.69. The van der Waals surface area contributed by atoms with Gasteiger partial charge in [0.25, 0.3) is 0 Å². The molecule has 0 amide bonds. The Labute approximate surface area is 69.5 Å². The molecule has 0 spiro atoms. The molecule has 0 aromatic heterocycles. The van der Waals surface area contributed by atoms with Gasteiger partial charge in [0.15, 0.2) is 0 Å². The number of nitrogens with one attached hydrogen (secondary N) is 1. The summed E-state index contributed by atoms with van der Waals surface area (Å²) in [6, 6.07) is 0. The van der Waals surface area contributed by atoms with E-state index in [1.807, 2.05) is 25.4 Å². The van der Waals surface area contributed by atoms with Gasteiger partial charge in [-0.3, -0.25) is 0 Å². The first kappa shape index (κ1) is 10.0. The van der Waals surface area contributed by atoms with Crippen LogP contribution < -0.4 is 5.32 Å². The molecule has 0 radical (unpaired) electrons. The quantitative estimate of drug-likeness (QED) is 0.609. The van der Waals surface area contributed by atoms with Gasteiger partial charge in [-0.2, -0.15) is 0 Å². The molecule has 0 aromatic rings. The fraction of sp³-hybridized carbons (Fsp3) is 0.400. The third kappa shape index (κ3) is 4.43. The van der Waals surface area contributed by atoms with Crippen molar-refractivity contribution in [1.29, 1.82) is 0 Å². The third-order valence-electron chi connectivity index (χ3n) is 1.42. The molecule has 0 aliphatic rings. The highest BCUT2D eigenvalue weighted by Gasteiger charge is 1.95. The standard InChI is InChI=1S/C10H17N/c1-5-6-10(9(2)3)7-8-11-4/h5-9,11H,1H2,2-4H3/b8-7-,10-6+. The minimum atomic E-state index is 0.553. The summed E-state index contributed by atoms with van der Waals surface area (Å²) in [6.07, 6.45) is 7.83. The predicted molar refractivity (Wildman–Crippen MR) is 51.3 cm³/mol. The van der Waals surface area contributed by atoms with Gasteiger partial charge in [-0.15, -0.1) is 0 Å². The van der Waals surface area contributed by atoms with E-state index in [1.165, 1.54) is 5.57 Å². The van der Waals surface area contributed by atoms with E-state index >= 15 is 0 Å². The Bertz CT molecular complexity index is 164. The molecule has 0 fully saturated rings. The van der Waals surface area contributed by atoms with Gasteiger partial charge >= 0.3 is 0 Å². The highest BCUT2D eigenvalue weighted by molar-refractivity contribution is 5.24. The fourth-order valence-electron chi connectivity index (χ4n) is 0.756. The van der Waals surface area contributed by atoms with E-state index in [0.29, 0.717) is 5.92 Å². The molecular weight excluding hydrogens is 134 g/mol. The lowest BCUT2D eigenvalue weighted by Crippen LogP contribution is -1.95. The molecule has 0 bridgehead atoms. The van der Waals surface area contributed by atoms with Gasteiger partial charge in [-0.25, -0.2) is 0 Å². The summed E-state index contributed by atoms with van der Waals surface area (Å²) in [5, 5.41) is 2.96. The molecule has 0 aromatic carbocycles. The fourth-order valence-corrected chi connectivity index (χ4v) is 0.756. The van der Waals surface area contributed by atoms with Crippen molar-refractivity contribution in [2.75, 3.05) is 7.05 Å². The molecule has 0 aliphatic heterocycles. The summed E-state index contributed by atoms with van der Waals surface area (Å²) in [4.78, 5) is 0. The van der Waals surface area contributed by atoms with Crippen molar-refractivity contribution >= 4 is 0 Å². The van der Waals surface area contributed by atoms with Gasteiger partial charge in [-0.1, -0.05) is 32.6 Å². The zero-order valence-electron chi connectivity index (χ0n) is 7.59. The smallest absolute Gasteiger partial charge is 0.00277 e. The monoisotopic (exact) mass is 151 g/mol. The summed E-state index contributed by atoms with van der Waals surface area (Å²) in [7, 11) is 1.89. The Hall–Kier alpha value is -0.980. The first-order valence-corrected chi connectivity index (χ1v) is 3.88. The van der Waals surface area contributed by atoms with Crippen LogP contribution in [0.1, 0.15) is 13.8 Å². The molecule has 0 atom stereocenters. The van der Waals surface area contributed by atoms with Crippen LogP contribution in [0.15, 0.2) is 36.6 Å². The molecule has 1 N–H and O–H groups in total. The second kappa shape index (κ2) is 5.78. The maximum absolute atomic E-state index is 3.66. The van der Waals surface area contributed by atoms with Crippen LogP contribution >= 0.6 is 0 Å². The Morgan fingerprint density at radius 3 is 2.45 bits per heavy atom. The maximum Gasteiger partial charge on any atom is 0.00277 e. The van der Waals surface area contributed by atoms with Crippen LogP contribution in [-0.4, -0.2) is 7.05 Å². The van der Waals surface area contributed by atoms with Crippen molar-refractivity contribution in [2.45, 2.75) is 13.8 Å². The summed E-state index contributed by atoms with van der Waals surface area (Å²) < 4.78 is 0. The SMILES string of the molecule is C=C/C=C(\C=C/NC)C(C)C. The molecule has 0 saturated carbocycles. The Kier molecular flexibility index (Phi) is 5.26. The van der Waals surface area contributed by atoms with Crippen LogP contribution in [0.2, 0.25) is 0 Å². The van der Waals surface area contributed by atoms with Crippen LogP contribution in [0.4, 0.5) is 0 Å². The van der Waals surface area contributed by atoms with Crippen molar-refractivity contribution in [2.24, 2.45) is 5.92 Å². The van der Waals surface area contributed by atoms with E-state index < -0.39 is 0 Å². The largest absolute Gasteiger partial charge is 0.394 e. The number of hydrogen-bond donors (Lipinski definition) is 1. The van der Waals surface area contributed by atoms with E-state index in [1.54, 1.807) is 0 Å². The van der Waals surface area contributed by atoms with E-state index in [9.17, 15) is 0 Å². The van der Waals surface area contributed by atoms with Crippen LogP contribution in [0, 0.1) is 5.92 Å². The predicted octanol–water partition coefficient (Wildman–Crippen LogP) is 2.49. The van der Waals surface area contributed by atoms with Gasteiger partial charge in [-0.05, 0) is 23.8 Å². The van der Waals surface area contributed by atoms with Crippen LogP contribution in [0.3, 0.4) is 0 Å². The van der Waals surface area contributed by atoms with Gasteiger partial charge in [0.05, 0.1) is 0 Å². The summed E-state index contributed by atoms with van der Waals surface area (Å²) >= 11 is 0. The molecule has 11 heavy (non-hydrogen) atoms. The zero-order valence-corrected chi connectivity index (χ0v) is 7.59. The summed E-state index contributed by atoms with van der Waals surface area (Å²) in [5.41, 5.74) is 1.29. The van der Waals surface area contributed by atoms with E-state index in [2.05, 4.69) is 31.8 Å². The van der Waals surface area contributed by atoms with Crippen molar-refractivity contribution < 1.29 is 0 Å². The van der Waals surface area contributed by atoms with Crippen LogP contribution in [0.25, 0.3) is 0 Å². The lowest BCUT2D eigenvalue weighted by Gasteiger charge is -2.04. The Morgan fingerprint density at radius 1 is 1.45 bits per heavy atom. The molecule has 0 heterocycles. The average Bonchev–Trinajstić information content (AvgIpc) is 1.97. The minimum Gasteiger partial charge on any atom is -0.394 e. The molecular formula is C10H17N. The van der Waals surface area contributed by atoms with Crippen molar-refractivity contribution in [1.82, 2.24) is 5.32 Å². The Balaban J connectivity index is 4.22. The van der Waals surface area contributed by atoms with Gasteiger partial charge in [0.1, 0.15) is 0 Å². The third-order valence-corrected chi connectivity index (χ3v) is 1.42. The second-order valence-corrected chi connectivity index (χ2v) is 2.68. The van der Waals surface area contributed by atoms with E-state index in [0.717, 1.165) is 0 Å². The van der Waals surface area contributed by atoms with Crippen LogP contribution in [-0.2, 0) is 0 Å². The Morgan fingerprint density at radius 2 is 2.09 bits per heavy atom. The van der Waals surface area contributed by atoms with Gasteiger partial charge in [0.2, 0.25) is 0 Å². The molecule has 0 saturated heterocycles. The molecule has 0 rings (SSSR count). The van der Waals surface area contributed by atoms with Crippen molar-refractivity contribution in [3.05, 3.63) is 36.6 Å². The van der Waals surface area contributed by atoms with E-state index in [4.69, 9.17) is 0 Å². The number of hydrogen-bond acceptors (Lipinski definition) is 1. The normalized spacial score (nSPS) is 12.5. The molecule has 1 nitrogen and oxygen atoms in total. The maximum atomic E-state index is 3.66. The van der Waals surface area contributed by atoms with Crippen LogP contribution in [0.5, 0.6) is 0 Å². The highest BCUT2D eigenvalue weighted by Crippen LogP contribution is 2.10. The van der Waals surface area contributed by atoms with Gasteiger partial charge < -0.3 is 5.32 Å². The molecule has 0 aliphatic carbocycles. The minimum absolute atomic E-state index is 0.553. The lowest BCUT2D eigenvalue weighted by molar-refractivity contribution is 0.790. The first-order valence-electron chi connectivity index (χ1n) is 3.88. The van der Waals surface area contributed by atoms with Crippen molar-refractivity contribution in [3.8, 4) is 0 Å². The lowest BCUT2D eigenvalue weighted by atomic mass is 10.0. The molecule has 0 unspecified atom stereocenters. The summed E-state index contributed by atoms with van der Waals surface area (Å²) in [5.74, 6) is 0.553. The van der Waals surface area contributed by atoms with Gasteiger partial charge in [0, 0.05) is 7.05 Å². The number of allylic oxidation sites excluding steroid dienone is 4.